The number of hydrogen-bond donors (Lipinski definition) is 3. The fourth-order valence-corrected chi connectivity index (χ4v) is 2.38. The van der Waals surface area contributed by atoms with E-state index in [4.69, 9.17) is 4.74 Å². The first-order valence-corrected chi connectivity index (χ1v) is 8.14. The highest BCUT2D eigenvalue weighted by Gasteiger charge is 2.21. The molecule has 0 radical (unpaired) electrons. The molecular weight excluding hydrogens is 326 g/mol. The van der Waals surface area contributed by atoms with E-state index in [0.717, 1.165) is 5.56 Å². The number of benzene rings is 2. The molecular formula is C18H19NO4S. The van der Waals surface area contributed by atoms with E-state index >= 15 is 0 Å². The van der Waals surface area contributed by atoms with Gasteiger partial charge in [-0.2, -0.15) is 12.6 Å². The Balaban J connectivity index is 1.83. The standard InChI is InChI=1S/C18H19NO4S/c20-16-8-6-15(7-9-16)19-11-17(21)23-18(22)14(12-24)10-13-4-2-1-3-5-13/h1-9,14,19-20,24H,10-12H2. The maximum atomic E-state index is 12.1. The third kappa shape index (κ3) is 5.62. The number of phenolic OH excluding ortho intramolecular Hbond substituents is 1. The van der Waals surface area contributed by atoms with Crippen LogP contribution in [-0.2, 0) is 20.7 Å². The first-order chi connectivity index (χ1) is 11.6. The van der Waals surface area contributed by atoms with Crippen LogP contribution >= 0.6 is 12.6 Å². The first kappa shape index (κ1) is 17.9. The molecule has 6 heteroatoms. The molecule has 0 fully saturated rings. The van der Waals surface area contributed by atoms with E-state index in [9.17, 15) is 14.7 Å². The second-order valence-electron chi connectivity index (χ2n) is 5.26. The number of esters is 2. The highest BCUT2D eigenvalue weighted by atomic mass is 32.1. The second kappa shape index (κ2) is 8.98. The Morgan fingerprint density at radius 2 is 1.75 bits per heavy atom. The Morgan fingerprint density at radius 3 is 2.38 bits per heavy atom. The lowest BCUT2D eigenvalue weighted by Gasteiger charge is -2.13. The van der Waals surface area contributed by atoms with Gasteiger partial charge in [0, 0.05) is 11.4 Å². The number of nitrogens with one attached hydrogen (secondary N) is 1. The molecule has 0 bridgehead atoms. The molecule has 1 unspecified atom stereocenters. The SMILES string of the molecule is O=C(CNc1ccc(O)cc1)OC(=O)C(CS)Cc1ccccc1. The van der Waals surface area contributed by atoms with Crippen molar-refractivity contribution in [1.29, 1.82) is 0 Å². The molecule has 2 rings (SSSR count). The minimum atomic E-state index is -0.659. The van der Waals surface area contributed by atoms with E-state index in [1.807, 2.05) is 30.3 Å². The number of thiol groups is 1. The Bertz CT molecular complexity index is 673. The summed E-state index contributed by atoms with van der Waals surface area (Å²) in [4.78, 5) is 23.9. The highest BCUT2D eigenvalue weighted by Crippen LogP contribution is 2.14. The normalized spacial score (nSPS) is 11.5. The average Bonchev–Trinajstić information content (AvgIpc) is 2.60. The number of phenols is 1. The number of hydrogen-bond acceptors (Lipinski definition) is 6. The third-order valence-corrected chi connectivity index (χ3v) is 3.84. The number of aromatic hydroxyl groups is 1. The van der Waals surface area contributed by atoms with Gasteiger partial charge in [0.25, 0.3) is 0 Å². The molecule has 0 aliphatic rings. The Morgan fingerprint density at radius 1 is 1.08 bits per heavy atom. The molecule has 0 aliphatic carbocycles. The van der Waals surface area contributed by atoms with Gasteiger partial charge in [0.15, 0.2) is 0 Å². The lowest BCUT2D eigenvalue weighted by molar-refractivity contribution is -0.160. The van der Waals surface area contributed by atoms with E-state index in [2.05, 4.69) is 17.9 Å². The Hall–Kier alpha value is -2.47. The van der Waals surface area contributed by atoms with Crippen LogP contribution in [0.25, 0.3) is 0 Å². The molecule has 126 valence electrons. The van der Waals surface area contributed by atoms with Crippen molar-refractivity contribution in [2.45, 2.75) is 6.42 Å². The maximum absolute atomic E-state index is 12.1. The number of carbonyl (C=O) groups excluding carboxylic acids is 2. The van der Waals surface area contributed by atoms with Crippen LogP contribution in [0.3, 0.4) is 0 Å². The fourth-order valence-electron chi connectivity index (χ4n) is 2.11. The van der Waals surface area contributed by atoms with Crippen molar-refractivity contribution in [3.63, 3.8) is 0 Å². The van der Waals surface area contributed by atoms with Crippen LogP contribution in [0.15, 0.2) is 54.6 Å². The molecule has 2 aromatic rings. The monoisotopic (exact) mass is 345 g/mol. The van der Waals surface area contributed by atoms with Crippen LogP contribution in [-0.4, -0.2) is 29.3 Å². The van der Waals surface area contributed by atoms with E-state index in [0.29, 0.717) is 17.9 Å². The van der Waals surface area contributed by atoms with Gasteiger partial charge in [0.1, 0.15) is 12.3 Å². The van der Waals surface area contributed by atoms with Crippen LogP contribution in [0.2, 0.25) is 0 Å². The van der Waals surface area contributed by atoms with Crippen LogP contribution < -0.4 is 5.32 Å². The minimum Gasteiger partial charge on any atom is -0.508 e. The van der Waals surface area contributed by atoms with E-state index in [1.54, 1.807) is 12.1 Å². The molecule has 0 aliphatic heterocycles. The van der Waals surface area contributed by atoms with Crippen LogP contribution in [0.1, 0.15) is 5.56 Å². The van der Waals surface area contributed by atoms with E-state index in [-0.39, 0.29) is 12.3 Å². The number of carbonyl (C=O) groups is 2. The van der Waals surface area contributed by atoms with Gasteiger partial charge in [0.05, 0.1) is 5.92 Å². The lowest BCUT2D eigenvalue weighted by Crippen LogP contribution is -2.27. The molecule has 0 spiro atoms. The number of ether oxygens (including phenoxy) is 1. The minimum absolute atomic E-state index is 0.135. The Labute approximate surface area is 146 Å². The van der Waals surface area contributed by atoms with Crippen LogP contribution in [0, 0.1) is 5.92 Å². The summed E-state index contributed by atoms with van der Waals surface area (Å²) in [5.74, 6) is -1.28. The number of anilines is 1. The van der Waals surface area contributed by atoms with Gasteiger partial charge in [-0.1, -0.05) is 30.3 Å². The van der Waals surface area contributed by atoms with Crippen LogP contribution in [0.4, 0.5) is 5.69 Å². The summed E-state index contributed by atoms with van der Waals surface area (Å²) in [5.41, 5.74) is 1.63. The zero-order valence-electron chi connectivity index (χ0n) is 13.0. The van der Waals surface area contributed by atoms with Gasteiger partial charge >= 0.3 is 11.9 Å². The highest BCUT2D eigenvalue weighted by molar-refractivity contribution is 7.80. The predicted molar refractivity (Wildman–Crippen MR) is 95.2 cm³/mol. The van der Waals surface area contributed by atoms with Crippen molar-refractivity contribution >= 4 is 30.3 Å². The summed E-state index contributed by atoms with van der Waals surface area (Å²) >= 11 is 4.18. The van der Waals surface area contributed by atoms with Gasteiger partial charge < -0.3 is 15.2 Å². The zero-order valence-corrected chi connectivity index (χ0v) is 13.9. The number of rotatable bonds is 7. The smallest absolute Gasteiger partial charge is 0.332 e. The van der Waals surface area contributed by atoms with Gasteiger partial charge in [-0.25, -0.2) is 4.79 Å². The van der Waals surface area contributed by atoms with Crippen LogP contribution in [0.5, 0.6) is 5.75 Å². The van der Waals surface area contributed by atoms with Crippen molar-refractivity contribution < 1.29 is 19.4 Å². The maximum Gasteiger partial charge on any atom is 0.332 e. The van der Waals surface area contributed by atoms with Crippen molar-refractivity contribution in [3.05, 3.63) is 60.2 Å². The van der Waals surface area contributed by atoms with Gasteiger partial charge in [-0.15, -0.1) is 0 Å². The molecule has 5 nitrogen and oxygen atoms in total. The van der Waals surface area contributed by atoms with Gasteiger partial charge in [-0.3, -0.25) is 4.79 Å². The topological polar surface area (TPSA) is 75.6 Å². The first-order valence-electron chi connectivity index (χ1n) is 7.50. The molecule has 0 saturated carbocycles. The summed E-state index contributed by atoms with van der Waals surface area (Å²) in [6, 6.07) is 15.7. The largest absolute Gasteiger partial charge is 0.508 e. The van der Waals surface area contributed by atoms with Crippen molar-refractivity contribution in [2.24, 2.45) is 5.92 Å². The summed E-state index contributed by atoms with van der Waals surface area (Å²) < 4.78 is 4.88. The molecule has 1 atom stereocenters. The fraction of sp³-hybridized carbons (Fsp3) is 0.222. The summed E-state index contributed by atoms with van der Waals surface area (Å²) in [6.07, 6.45) is 0.474. The molecule has 0 amide bonds. The molecule has 0 aromatic heterocycles. The summed E-state index contributed by atoms with van der Waals surface area (Å²) in [6.45, 7) is -0.138. The third-order valence-electron chi connectivity index (χ3n) is 3.40. The van der Waals surface area contributed by atoms with Gasteiger partial charge in [-0.05, 0) is 36.2 Å². The van der Waals surface area contributed by atoms with Crippen molar-refractivity contribution in [3.8, 4) is 5.75 Å². The quantitative estimate of drug-likeness (QED) is 0.311. The summed E-state index contributed by atoms with van der Waals surface area (Å²) in [5, 5.41) is 12.0. The molecule has 2 N–H and O–H groups in total. The summed E-state index contributed by atoms with van der Waals surface area (Å²) in [7, 11) is 0. The zero-order chi connectivity index (χ0) is 17.4. The lowest BCUT2D eigenvalue weighted by atomic mass is 10.0. The van der Waals surface area contributed by atoms with E-state index < -0.39 is 17.9 Å². The predicted octanol–water partition coefficient (Wildman–Crippen LogP) is 2.66. The van der Waals surface area contributed by atoms with Gasteiger partial charge in [0.2, 0.25) is 0 Å². The Kier molecular flexibility index (Phi) is 6.69. The molecule has 0 saturated heterocycles. The molecule has 2 aromatic carbocycles. The van der Waals surface area contributed by atoms with Crippen molar-refractivity contribution in [1.82, 2.24) is 0 Å². The van der Waals surface area contributed by atoms with Crippen molar-refractivity contribution in [2.75, 3.05) is 17.6 Å². The molecule has 24 heavy (non-hydrogen) atoms. The molecule has 0 heterocycles. The van der Waals surface area contributed by atoms with E-state index in [1.165, 1.54) is 12.1 Å². The second-order valence-corrected chi connectivity index (χ2v) is 5.63. The average molecular weight is 345 g/mol.